The number of nitrogens with zero attached hydrogens (tertiary/aromatic N) is 1. The predicted octanol–water partition coefficient (Wildman–Crippen LogP) is 2.69. The van der Waals surface area contributed by atoms with Crippen LogP contribution in [-0.4, -0.2) is 29.0 Å². The van der Waals surface area contributed by atoms with Crippen LogP contribution in [0.4, 0.5) is 13.2 Å². The highest BCUT2D eigenvalue weighted by atomic mass is 79.9. The largest absolute Gasteiger partial charge is 0.574 e. The molecular formula is C11H11BrF3NO4. The van der Waals surface area contributed by atoms with Gasteiger partial charge in [0.25, 0.3) is 0 Å². The Balaban J connectivity index is 3.08. The number of alkyl halides is 4. The van der Waals surface area contributed by atoms with Crippen LogP contribution in [0.3, 0.4) is 0 Å². The van der Waals surface area contributed by atoms with Crippen LogP contribution in [0, 0.1) is 0 Å². The lowest BCUT2D eigenvalue weighted by atomic mass is 10.1. The van der Waals surface area contributed by atoms with Gasteiger partial charge < -0.3 is 14.6 Å². The van der Waals surface area contributed by atoms with Gasteiger partial charge in [-0.3, -0.25) is 4.79 Å². The molecule has 1 rings (SSSR count). The molecule has 0 saturated heterocycles. The summed E-state index contributed by atoms with van der Waals surface area (Å²) in [5.74, 6) is -1.79. The van der Waals surface area contributed by atoms with Crippen LogP contribution in [0.5, 0.6) is 11.6 Å². The van der Waals surface area contributed by atoms with Crippen LogP contribution in [0.25, 0.3) is 0 Å². The van der Waals surface area contributed by atoms with Gasteiger partial charge in [-0.2, -0.15) is 0 Å². The molecule has 1 aromatic rings. The van der Waals surface area contributed by atoms with E-state index in [-0.39, 0.29) is 35.4 Å². The van der Waals surface area contributed by atoms with Crippen LogP contribution >= 0.6 is 15.9 Å². The molecule has 0 spiro atoms. The maximum Gasteiger partial charge on any atom is 0.574 e. The summed E-state index contributed by atoms with van der Waals surface area (Å²) < 4.78 is 44.8. The Morgan fingerprint density at radius 1 is 1.50 bits per heavy atom. The first-order valence-electron chi connectivity index (χ1n) is 5.46. The van der Waals surface area contributed by atoms with Gasteiger partial charge in [0.1, 0.15) is 5.75 Å². The third-order valence-corrected chi connectivity index (χ3v) is 2.64. The van der Waals surface area contributed by atoms with Gasteiger partial charge in [0.2, 0.25) is 5.88 Å². The Bertz CT molecular complexity index is 493. The first-order chi connectivity index (χ1) is 9.26. The molecule has 0 aromatic carbocycles. The van der Waals surface area contributed by atoms with Crippen molar-refractivity contribution in [2.45, 2.75) is 25.0 Å². The van der Waals surface area contributed by atoms with Crippen LogP contribution in [-0.2, 0) is 21.3 Å². The Kier molecular flexibility index (Phi) is 5.61. The number of hydrogen-bond donors (Lipinski definition) is 1. The molecule has 1 N–H and O–H groups in total. The van der Waals surface area contributed by atoms with E-state index in [4.69, 9.17) is 0 Å². The second kappa shape index (κ2) is 6.78. The summed E-state index contributed by atoms with van der Waals surface area (Å²) in [6.07, 6.45) is -5.29. The number of rotatable bonds is 5. The number of halogens is 4. The van der Waals surface area contributed by atoms with Crippen molar-refractivity contribution in [2.24, 2.45) is 0 Å². The summed E-state index contributed by atoms with van der Waals surface area (Å²) in [7, 11) is 0. The molecule has 112 valence electrons. The highest BCUT2D eigenvalue weighted by Gasteiger charge is 2.32. The van der Waals surface area contributed by atoms with Crippen LogP contribution < -0.4 is 4.74 Å². The summed E-state index contributed by atoms with van der Waals surface area (Å²) in [4.78, 5) is 14.8. The lowest BCUT2D eigenvalue weighted by molar-refractivity contribution is -0.276. The Morgan fingerprint density at radius 2 is 2.15 bits per heavy atom. The fourth-order valence-electron chi connectivity index (χ4n) is 1.39. The Labute approximate surface area is 120 Å². The SMILES string of the molecule is CCOC(=O)Cc1cc(OC(F)(F)F)nc(CBr)c1O. The fourth-order valence-corrected chi connectivity index (χ4v) is 1.78. The van der Waals surface area contributed by atoms with E-state index in [1.807, 2.05) is 0 Å². The lowest BCUT2D eigenvalue weighted by Crippen LogP contribution is -2.18. The quantitative estimate of drug-likeness (QED) is 0.648. The predicted molar refractivity (Wildman–Crippen MR) is 65.6 cm³/mol. The van der Waals surface area contributed by atoms with Crippen molar-refractivity contribution in [3.05, 3.63) is 17.3 Å². The molecule has 0 fully saturated rings. The van der Waals surface area contributed by atoms with Crippen molar-refractivity contribution in [3.63, 3.8) is 0 Å². The van der Waals surface area contributed by atoms with E-state index < -0.39 is 18.2 Å². The molecule has 1 aromatic heterocycles. The molecule has 20 heavy (non-hydrogen) atoms. The molecule has 0 aliphatic carbocycles. The van der Waals surface area contributed by atoms with E-state index in [1.54, 1.807) is 6.92 Å². The van der Waals surface area contributed by atoms with Crippen molar-refractivity contribution in [2.75, 3.05) is 6.61 Å². The van der Waals surface area contributed by atoms with Gasteiger partial charge in [-0.15, -0.1) is 13.2 Å². The minimum atomic E-state index is -4.91. The standard InChI is InChI=1S/C11H11BrF3NO4/c1-2-19-9(17)4-6-3-8(20-11(13,14)15)16-7(5-12)10(6)18/h3,18H,2,4-5H2,1H3. The molecule has 0 aliphatic rings. The molecule has 0 unspecified atom stereocenters. The second-order valence-corrected chi connectivity index (χ2v) is 4.14. The van der Waals surface area contributed by atoms with E-state index in [9.17, 15) is 23.1 Å². The van der Waals surface area contributed by atoms with Crippen LogP contribution in [0.2, 0.25) is 0 Å². The summed E-state index contributed by atoms with van der Waals surface area (Å²) in [5.41, 5.74) is -0.113. The first-order valence-corrected chi connectivity index (χ1v) is 6.58. The van der Waals surface area contributed by atoms with Crippen molar-refractivity contribution in [1.29, 1.82) is 0 Å². The first kappa shape index (κ1) is 16.5. The molecule has 5 nitrogen and oxygen atoms in total. The van der Waals surface area contributed by atoms with E-state index in [0.717, 1.165) is 6.07 Å². The average Bonchev–Trinajstić information content (AvgIpc) is 2.31. The number of carbonyl (C=O) groups is 1. The second-order valence-electron chi connectivity index (χ2n) is 3.58. The molecule has 0 saturated carbocycles. The summed E-state index contributed by atoms with van der Waals surface area (Å²) in [6, 6.07) is 0.853. The third-order valence-electron chi connectivity index (χ3n) is 2.11. The molecular weight excluding hydrogens is 347 g/mol. The van der Waals surface area contributed by atoms with E-state index in [1.165, 1.54) is 0 Å². The number of aromatic nitrogens is 1. The summed E-state index contributed by atoms with van der Waals surface area (Å²) in [6.45, 7) is 1.72. The van der Waals surface area contributed by atoms with Crippen molar-refractivity contribution >= 4 is 21.9 Å². The molecule has 0 aliphatic heterocycles. The Morgan fingerprint density at radius 3 is 2.65 bits per heavy atom. The molecule has 0 atom stereocenters. The third kappa shape index (κ3) is 4.87. The maximum absolute atomic E-state index is 12.2. The topological polar surface area (TPSA) is 68.7 Å². The molecule has 0 bridgehead atoms. The highest BCUT2D eigenvalue weighted by molar-refractivity contribution is 9.08. The van der Waals surface area contributed by atoms with Crippen molar-refractivity contribution < 1.29 is 32.5 Å². The molecule has 0 amide bonds. The number of ether oxygens (including phenoxy) is 2. The highest BCUT2D eigenvalue weighted by Crippen LogP contribution is 2.30. The van der Waals surface area contributed by atoms with Gasteiger partial charge in [-0.25, -0.2) is 4.98 Å². The molecule has 1 heterocycles. The number of esters is 1. The number of hydrogen-bond acceptors (Lipinski definition) is 5. The number of pyridine rings is 1. The fraction of sp³-hybridized carbons (Fsp3) is 0.455. The average molecular weight is 358 g/mol. The van der Waals surface area contributed by atoms with Gasteiger partial charge in [-0.1, -0.05) is 15.9 Å². The minimum Gasteiger partial charge on any atom is -0.506 e. The zero-order chi connectivity index (χ0) is 15.3. The summed E-state index contributed by atoms with van der Waals surface area (Å²) >= 11 is 2.98. The molecule has 9 heteroatoms. The molecule has 0 radical (unpaired) electrons. The van der Waals surface area contributed by atoms with Crippen molar-refractivity contribution in [1.82, 2.24) is 4.98 Å². The van der Waals surface area contributed by atoms with E-state index in [0.29, 0.717) is 0 Å². The minimum absolute atomic E-state index is 0.00369. The van der Waals surface area contributed by atoms with Crippen molar-refractivity contribution in [3.8, 4) is 11.6 Å². The van der Waals surface area contributed by atoms with Crippen LogP contribution in [0.1, 0.15) is 18.2 Å². The zero-order valence-corrected chi connectivity index (χ0v) is 11.9. The van der Waals surface area contributed by atoms with Crippen LogP contribution in [0.15, 0.2) is 6.07 Å². The number of carbonyl (C=O) groups excluding carboxylic acids is 1. The van der Waals surface area contributed by atoms with Gasteiger partial charge in [0.15, 0.2) is 0 Å². The Hall–Kier alpha value is -1.51. The monoisotopic (exact) mass is 357 g/mol. The van der Waals surface area contributed by atoms with Gasteiger partial charge in [0.05, 0.1) is 18.7 Å². The normalized spacial score (nSPS) is 11.2. The maximum atomic E-state index is 12.2. The smallest absolute Gasteiger partial charge is 0.506 e. The van der Waals surface area contributed by atoms with Gasteiger partial charge in [0, 0.05) is 17.0 Å². The van der Waals surface area contributed by atoms with Gasteiger partial charge in [-0.05, 0) is 6.92 Å². The van der Waals surface area contributed by atoms with E-state index in [2.05, 4.69) is 30.4 Å². The lowest BCUT2D eigenvalue weighted by Gasteiger charge is -2.12. The zero-order valence-electron chi connectivity index (χ0n) is 10.3. The van der Waals surface area contributed by atoms with E-state index >= 15 is 0 Å². The van der Waals surface area contributed by atoms with Gasteiger partial charge >= 0.3 is 12.3 Å². The number of aromatic hydroxyl groups is 1. The summed E-state index contributed by atoms with van der Waals surface area (Å²) in [5, 5.41) is 9.80.